The molecular weight excluding hydrogens is 321 g/mol. The van der Waals surface area contributed by atoms with Gasteiger partial charge in [0, 0.05) is 18.3 Å². The van der Waals surface area contributed by atoms with Crippen molar-refractivity contribution in [3.8, 4) is 0 Å². The molecule has 0 aliphatic heterocycles. The minimum absolute atomic E-state index is 0.503. The lowest BCUT2D eigenvalue weighted by molar-refractivity contribution is 0.405. The van der Waals surface area contributed by atoms with Gasteiger partial charge in [-0.3, -0.25) is 0 Å². The van der Waals surface area contributed by atoms with Crippen LogP contribution >= 0.6 is 23.2 Å². The quantitative estimate of drug-likeness (QED) is 0.749. The van der Waals surface area contributed by atoms with Gasteiger partial charge in [-0.25, -0.2) is 9.97 Å². The summed E-state index contributed by atoms with van der Waals surface area (Å²) < 4.78 is 0. The molecule has 2 rings (SSSR count). The van der Waals surface area contributed by atoms with E-state index in [1.54, 1.807) is 12.1 Å². The van der Waals surface area contributed by atoms with E-state index in [-0.39, 0.29) is 0 Å². The van der Waals surface area contributed by atoms with Gasteiger partial charge in [0.2, 0.25) is 0 Å². The van der Waals surface area contributed by atoms with E-state index in [1.165, 1.54) is 6.33 Å². The Kier molecular flexibility index (Phi) is 6.24. The average Bonchev–Trinajstić information content (AvgIpc) is 2.48. The third-order valence-electron chi connectivity index (χ3n) is 2.95. The molecule has 0 unspecified atom stereocenters. The van der Waals surface area contributed by atoms with Crippen LogP contribution in [0.25, 0.3) is 0 Å². The van der Waals surface area contributed by atoms with Gasteiger partial charge in [-0.05, 0) is 45.3 Å². The highest BCUT2D eigenvalue weighted by molar-refractivity contribution is 6.42. The number of nitrogens with zero attached hydrogens (tertiary/aromatic N) is 3. The summed E-state index contributed by atoms with van der Waals surface area (Å²) in [6.45, 7) is 1.90. The molecule has 0 radical (unpaired) electrons. The predicted molar refractivity (Wildman–Crippen MR) is 93.4 cm³/mol. The minimum Gasteiger partial charge on any atom is -0.370 e. The molecule has 1 heterocycles. The lowest BCUT2D eigenvalue weighted by Crippen LogP contribution is -2.16. The number of hydrogen-bond donors (Lipinski definition) is 2. The van der Waals surface area contributed by atoms with Crippen LogP contribution in [0.2, 0.25) is 10.0 Å². The maximum absolute atomic E-state index is 6.00. The standard InChI is InChI=1S/C15H19Cl2N5/c1-22(2)7-3-6-18-14-9-15(20-10-19-14)21-11-4-5-12(16)13(17)8-11/h4-5,8-10H,3,6-7H2,1-2H3,(H2,18,19,20,21). The molecule has 118 valence electrons. The van der Waals surface area contributed by atoms with Crippen molar-refractivity contribution < 1.29 is 0 Å². The summed E-state index contributed by atoms with van der Waals surface area (Å²) in [4.78, 5) is 10.6. The Morgan fingerprint density at radius 3 is 2.55 bits per heavy atom. The Balaban J connectivity index is 1.94. The van der Waals surface area contributed by atoms with Crippen molar-refractivity contribution in [3.05, 3.63) is 40.6 Å². The third kappa shape index (κ3) is 5.33. The second-order valence-electron chi connectivity index (χ2n) is 5.13. The fourth-order valence-electron chi connectivity index (χ4n) is 1.86. The van der Waals surface area contributed by atoms with Crippen molar-refractivity contribution in [2.45, 2.75) is 6.42 Å². The summed E-state index contributed by atoms with van der Waals surface area (Å²) in [5.41, 5.74) is 0.826. The molecule has 7 heteroatoms. The van der Waals surface area contributed by atoms with Gasteiger partial charge in [0.25, 0.3) is 0 Å². The van der Waals surface area contributed by atoms with Gasteiger partial charge in [-0.1, -0.05) is 23.2 Å². The van der Waals surface area contributed by atoms with Gasteiger partial charge < -0.3 is 15.5 Å². The van der Waals surface area contributed by atoms with E-state index in [2.05, 4.69) is 39.6 Å². The van der Waals surface area contributed by atoms with Crippen LogP contribution in [0, 0.1) is 0 Å². The molecule has 0 atom stereocenters. The second-order valence-corrected chi connectivity index (χ2v) is 5.94. The van der Waals surface area contributed by atoms with E-state index in [1.807, 2.05) is 12.1 Å². The first-order valence-electron chi connectivity index (χ1n) is 6.97. The first-order chi connectivity index (χ1) is 10.5. The van der Waals surface area contributed by atoms with E-state index < -0.39 is 0 Å². The van der Waals surface area contributed by atoms with Gasteiger partial charge in [0.1, 0.15) is 18.0 Å². The molecule has 0 aliphatic rings. The Morgan fingerprint density at radius 1 is 1.05 bits per heavy atom. The molecule has 1 aromatic heterocycles. The van der Waals surface area contributed by atoms with Crippen LogP contribution in [0.4, 0.5) is 17.3 Å². The van der Waals surface area contributed by atoms with Crippen LogP contribution in [0.3, 0.4) is 0 Å². The van der Waals surface area contributed by atoms with Crippen molar-refractivity contribution >= 4 is 40.5 Å². The number of nitrogens with one attached hydrogen (secondary N) is 2. The van der Waals surface area contributed by atoms with Crippen molar-refractivity contribution in [1.82, 2.24) is 14.9 Å². The number of halogens is 2. The van der Waals surface area contributed by atoms with E-state index in [0.29, 0.717) is 15.9 Å². The van der Waals surface area contributed by atoms with Gasteiger partial charge in [-0.2, -0.15) is 0 Å². The number of benzene rings is 1. The zero-order valence-electron chi connectivity index (χ0n) is 12.6. The van der Waals surface area contributed by atoms with Crippen molar-refractivity contribution in [3.63, 3.8) is 0 Å². The van der Waals surface area contributed by atoms with Gasteiger partial charge >= 0.3 is 0 Å². The molecule has 5 nitrogen and oxygen atoms in total. The lowest BCUT2D eigenvalue weighted by atomic mass is 10.3. The van der Waals surface area contributed by atoms with Gasteiger partial charge in [0.05, 0.1) is 10.0 Å². The minimum atomic E-state index is 0.503. The lowest BCUT2D eigenvalue weighted by Gasteiger charge is -2.11. The molecule has 22 heavy (non-hydrogen) atoms. The molecule has 2 aromatic rings. The topological polar surface area (TPSA) is 53.1 Å². The SMILES string of the molecule is CN(C)CCCNc1cc(Nc2ccc(Cl)c(Cl)c2)ncn1. The summed E-state index contributed by atoms with van der Waals surface area (Å²) in [6, 6.07) is 7.21. The number of aromatic nitrogens is 2. The van der Waals surface area contributed by atoms with Crippen molar-refractivity contribution in [2.24, 2.45) is 0 Å². The first-order valence-corrected chi connectivity index (χ1v) is 7.73. The highest BCUT2D eigenvalue weighted by Crippen LogP contribution is 2.26. The smallest absolute Gasteiger partial charge is 0.135 e. The molecule has 0 saturated heterocycles. The largest absolute Gasteiger partial charge is 0.370 e. The van der Waals surface area contributed by atoms with Crippen molar-refractivity contribution in [2.75, 3.05) is 37.8 Å². The molecule has 0 saturated carbocycles. The van der Waals surface area contributed by atoms with Gasteiger partial charge in [0.15, 0.2) is 0 Å². The number of rotatable bonds is 7. The van der Waals surface area contributed by atoms with E-state index in [4.69, 9.17) is 23.2 Å². The third-order valence-corrected chi connectivity index (χ3v) is 3.69. The molecule has 0 aliphatic carbocycles. The zero-order valence-corrected chi connectivity index (χ0v) is 14.1. The fraction of sp³-hybridized carbons (Fsp3) is 0.333. The maximum atomic E-state index is 6.00. The van der Waals surface area contributed by atoms with E-state index in [0.717, 1.165) is 31.0 Å². The highest BCUT2D eigenvalue weighted by atomic mass is 35.5. The van der Waals surface area contributed by atoms with E-state index >= 15 is 0 Å². The van der Waals surface area contributed by atoms with Crippen LogP contribution in [-0.4, -0.2) is 42.1 Å². The molecule has 0 bridgehead atoms. The first kappa shape index (κ1) is 16.8. The Hall–Kier alpha value is -1.56. The number of anilines is 3. The van der Waals surface area contributed by atoms with Crippen LogP contribution in [-0.2, 0) is 0 Å². The summed E-state index contributed by atoms with van der Waals surface area (Å²) in [6.07, 6.45) is 2.57. The molecule has 2 N–H and O–H groups in total. The van der Waals surface area contributed by atoms with Crippen LogP contribution < -0.4 is 10.6 Å². The molecule has 0 fully saturated rings. The predicted octanol–water partition coefficient (Wildman–Crippen LogP) is 3.89. The summed E-state index contributed by atoms with van der Waals surface area (Å²) >= 11 is 11.9. The normalized spacial score (nSPS) is 10.8. The second kappa shape index (κ2) is 8.17. The fourth-order valence-corrected chi connectivity index (χ4v) is 2.15. The molecular formula is C15H19Cl2N5. The van der Waals surface area contributed by atoms with Crippen LogP contribution in [0.5, 0.6) is 0 Å². The molecule has 0 amide bonds. The summed E-state index contributed by atoms with van der Waals surface area (Å²) in [5.74, 6) is 1.49. The van der Waals surface area contributed by atoms with Gasteiger partial charge in [-0.15, -0.1) is 0 Å². The molecule has 0 spiro atoms. The highest BCUT2D eigenvalue weighted by Gasteiger charge is 2.02. The average molecular weight is 340 g/mol. The Labute approximate surface area is 140 Å². The number of hydrogen-bond acceptors (Lipinski definition) is 5. The maximum Gasteiger partial charge on any atom is 0.135 e. The molecule has 1 aromatic carbocycles. The Bertz CT molecular complexity index is 619. The van der Waals surface area contributed by atoms with Crippen molar-refractivity contribution in [1.29, 1.82) is 0 Å². The van der Waals surface area contributed by atoms with Crippen LogP contribution in [0.1, 0.15) is 6.42 Å². The van der Waals surface area contributed by atoms with E-state index in [9.17, 15) is 0 Å². The summed E-state index contributed by atoms with van der Waals surface area (Å²) in [5, 5.41) is 7.49. The Morgan fingerprint density at radius 2 is 1.82 bits per heavy atom. The summed E-state index contributed by atoms with van der Waals surface area (Å²) in [7, 11) is 4.12. The van der Waals surface area contributed by atoms with Crippen LogP contribution in [0.15, 0.2) is 30.6 Å². The zero-order chi connectivity index (χ0) is 15.9. The monoisotopic (exact) mass is 339 g/mol.